The predicted molar refractivity (Wildman–Crippen MR) is 182 cm³/mol. The average Bonchev–Trinajstić information content (AvgIpc) is 3.73. The maximum atomic E-state index is 14.4. The molecule has 1 aliphatic rings. The molecule has 55 heavy (non-hydrogen) atoms. The number of carbonyl (C=O) groups is 3. The highest BCUT2D eigenvalue weighted by molar-refractivity contribution is 7.99. The third kappa shape index (κ3) is 9.67. The van der Waals surface area contributed by atoms with Gasteiger partial charge in [-0.25, -0.2) is 9.59 Å². The van der Waals surface area contributed by atoms with Crippen LogP contribution in [0.4, 0.5) is 41.6 Å². The van der Waals surface area contributed by atoms with E-state index in [4.69, 9.17) is 13.9 Å². The van der Waals surface area contributed by atoms with Crippen molar-refractivity contribution in [1.82, 2.24) is 31.0 Å². The highest BCUT2D eigenvalue weighted by atomic mass is 32.2. The first-order valence-corrected chi connectivity index (χ1v) is 17.3. The van der Waals surface area contributed by atoms with Crippen molar-refractivity contribution in [3.63, 3.8) is 0 Å². The van der Waals surface area contributed by atoms with Crippen molar-refractivity contribution >= 4 is 35.5 Å². The van der Waals surface area contributed by atoms with E-state index in [0.29, 0.717) is 17.4 Å². The zero-order valence-electron chi connectivity index (χ0n) is 30.3. The molecule has 0 saturated carbocycles. The summed E-state index contributed by atoms with van der Waals surface area (Å²) in [5, 5.41) is 15.2. The number of halogens is 6. The molecular formula is C34H35F6N7O7S. The molecule has 0 unspecified atom stereocenters. The lowest BCUT2D eigenvalue weighted by Gasteiger charge is -2.30. The molecule has 2 N–H and O–H groups in total. The van der Waals surface area contributed by atoms with Crippen LogP contribution in [0, 0.1) is 0 Å². The largest absolute Gasteiger partial charge is 0.471 e. The summed E-state index contributed by atoms with van der Waals surface area (Å²) in [6, 6.07) is 9.27. The van der Waals surface area contributed by atoms with Crippen LogP contribution in [0.25, 0.3) is 22.8 Å². The highest BCUT2D eigenvalue weighted by Gasteiger charge is 2.58. The van der Waals surface area contributed by atoms with E-state index in [2.05, 4.69) is 30.2 Å². The molecule has 2 aromatic carbocycles. The van der Waals surface area contributed by atoms with Gasteiger partial charge >= 0.3 is 30.4 Å². The van der Waals surface area contributed by atoms with Crippen LogP contribution in [0.5, 0.6) is 0 Å². The van der Waals surface area contributed by atoms with Crippen LogP contribution in [-0.2, 0) is 32.5 Å². The maximum absolute atomic E-state index is 14.4. The van der Waals surface area contributed by atoms with E-state index in [1.165, 1.54) is 73.8 Å². The van der Waals surface area contributed by atoms with Gasteiger partial charge in [-0.15, -0.1) is 22.0 Å². The SMILES string of the molecule is CC(C)(C)OC(=O)N[C@H]1CSc2ccc(-c3nnc([C@@](C)(NC(=O)OC(C)(C)C)C(F)(F)F)o3)cc2N(Cc2ccc(-c3noc(C(F)(F)F)n3)cc2)C1=O. The van der Waals surface area contributed by atoms with Crippen molar-refractivity contribution in [3.05, 3.63) is 59.8 Å². The van der Waals surface area contributed by atoms with Crippen LogP contribution in [0.3, 0.4) is 0 Å². The van der Waals surface area contributed by atoms with Crippen molar-refractivity contribution in [2.75, 3.05) is 10.7 Å². The van der Waals surface area contributed by atoms with Gasteiger partial charge in [-0.1, -0.05) is 29.4 Å². The fourth-order valence-corrected chi connectivity index (χ4v) is 6.00. The predicted octanol–water partition coefficient (Wildman–Crippen LogP) is 7.64. The zero-order valence-corrected chi connectivity index (χ0v) is 31.1. The topological polar surface area (TPSA) is 175 Å². The average molecular weight is 800 g/mol. The number of benzene rings is 2. The standard InChI is InChI=1S/C34H35F6N7O7S/c1-30(2,3)52-28(49)41-20-16-55-22-13-12-19(24-44-45-26(51-24)32(7,34(38,39)40)43-29(50)53-31(4,5)6)14-21(22)47(25(20)48)15-17-8-10-18(11-9-17)23-42-27(54-46-23)33(35,36)37/h8-14,20H,15-16H2,1-7H3,(H,41,49)(H,43,50)/t20-,32+/m0/s1. The van der Waals surface area contributed by atoms with Gasteiger partial charge in [0, 0.05) is 21.8 Å². The van der Waals surface area contributed by atoms with Crippen molar-refractivity contribution in [2.24, 2.45) is 0 Å². The number of alkyl halides is 6. The monoisotopic (exact) mass is 799 g/mol. The summed E-state index contributed by atoms with van der Waals surface area (Å²) in [7, 11) is 0. The Morgan fingerprint density at radius 3 is 2.07 bits per heavy atom. The van der Waals surface area contributed by atoms with Gasteiger partial charge < -0.3 is 28.6 Å². The van der Waals surface area contributed by atoms with Gasteiger partial charge in [-0.2, -0.15) is 31.3 Å². The number of aromatic nitrogens is 4. The molecule has 0 fully saturated rings. The lowest BCUT2D eigenvalue weighted by Crippen LogP contribution is -2.55. The van der Waals surface area contributed by atoms with E-state index in [1.807, 2.05) is 0 Å². The molecule has 296 valence electrons. The third-order valence-electron chi connectivity index (χ3n) is 7.55. The third-order valence-corrected chi connectivity index (χ3v) is 8.71. The van der Waals surface area contributed by atoms with Gasteiger partial charge in [-0.05, 0) is 72.2 Å². The van der Waals surface area contributed by atoms with E-state index in [-0.39, 0.29) is 40.8 Å². The Labute approximate surface area is 313 Å². The van der Waals surface area contributed by atoms with Crippen LogP contribution in [-0.4, -0.2) is 67.6 Å². The zero-order chi connectivity index (χ0) is 40.7. The Balaban J connectivity index is 1.50. The Hall–Kier alpha value is -5.34. The minimum atomic E-state index is -5.11. The molecule has 0 bridgehead atoms. The molecule has 2 atom stereocenters. The number of ether oxygens (including phenoxy) is 2. The number of nitrogens with zero attached hydrogens (tertiary/aromatic N) is 5. The number of anilines is 1. The van der Waals surface area contributed by atoms with E-state index in [9.17, 15) is 40.7 Å². The number of hydrogen-bond donors (Lipinski definition) is 2. The van der Waals surface area contributed by atoms with E-state index in [0.717, 1.165) is 0 Å². The minimum Gasteiger partial charge on any atom is -0.444 e. The van der Waals surface area contributed by atoms with Gasteiger partial charge in [-0.3, -0.25) is 10.1 Å². The first kappa shape index (κ1) is 40.8. The van der Waals surface area contributed by atoms with Crippen molar-refractivity contribution < 1.29 is 59.1 Å². The molecular weight excluding hydrogens is 764 g/mol. The second-order valence-electron chi connectivity index (χ2n) is 14.4. The van der Waals surface area contributed by atoms with Gasteiger partial charge in [0.25, 0.3) is 11.8 Å². The second-order valence-corrected chi connectivity index (χ2v) is 15.5. The second kappa shape index (κ2) is 14.7. The number of fused-ring (bicyclic) bond motifs is 1. The van der Waals surface area contributed by atoms with Crippen LogP contribution in [0.2, 0.25) is 0 Å². The summed E-state index contributed by atoms with van der Waals surface area (Å²) in [6.45, 7) is 9.86. The first-order valence-electron chi connectivity index (χ1n) is 16.3. The Morgan fingerprint density at radius 2 is 1.49 bits per heavy atom. The number of rotatable bonds is 7. The van der Waals surface area contributed by atoms with Crippen LogP contribution >= 0.6 is 11.8 Å². The molecule has 0 aliphatic carbocycles. The molecule has 21 heteroatoms. The number of alkyl carbamates (subject to hydrolysis) is 2. The molecule has 4 aromatic rings. The van der Waals surface area contributed by atoms with E-state index in [1.54, 1.807) is 32.2 Å². The van der Waals surface area contributed by atoms with Gasteiger partial charge in [0.1, 0.15) is 17.2 Å². The molecule has 5 rings (SSSR count). The molecule has 14 nitrogen and oxygen atoms in total. The Bertz CT molecular complexity index is 2060. The lowest BCUT2D eigenvalue weighted by molar-refractivity contribution is -0.199. The normalized spacial score (nSPS) is 16.5. The number of thioether (sulfide) groups is 1. The van der Waals surface area contributed by atoms with E-state index < -0.39 is 65.0 Å². The lowest BCUT2D eigenvalue weighted by atomic mass is 10.0. The summed E-state index contributed by atoms with van der Waals surface area (Å²) < 4.78 is 102. The van der Waals surface area contributed by atoms with Crippen molar-refractivity contribution in [1.29, 1.82) is 0 Å². The number of nitrogens with one attached hydrogen (secondary N) is 2. The minimum absolute atomic E-state index is 0.0597. The fraction of sp³-hybridized carbons (Fsp3) is 0.441. The molecule has 1 aliphatic heterocycles. The summed E-state index contributed by atoms with van der Waals surface area (Å²) in [4.78, 5) is 44.6. The molecule has 2 aromatic heterocycles. The van der Waals surface area contributed by atoms with Crippen LogP contribution < -0.4 is 15.5 Å². The summed E-state index contributed by atoms with van der Waals surface area (Å²) in [5.41, 5.74) is -4.13. The molecule has 0 radical (unpaired) electrons. The molecule has 0 saturated heterocycles. The van der Waals surface area contributed by atoms with E-state index >= 15 is 0 Å². The summed E-state index contributed by atoms with van der Waals surface area (Å²) in [6.07, 6.45) is -12.2. The van der Waals surface area contributed by atoms with Crippen LogP contribution in [0.15, 0.2) is 56.3 Å². The quantitative estimate of drug-likeness (QED) is 0.175. The summed E-state index contributed by atoms with van der Waals surface area (Å²) >= 11 is 1.20. The van der Waals surface area contributed by atoms with Gasteiger partial charge in [0.05, 0.1) is 12.2 Å². The first-order chi connectivity index (χ1) is 25.3. The maximum Gasteiger partial charge on any atom is 0.471 e. The fourth-order valence-electron chi connectivity index (χ4n) is 4.94. The number of carbonyl (C=O) groups excluding carboxylic acids is 3. The Kier molecular flexibility index (Phi) is 10.9. The van der Waals surface area contributed by atoms with Gasteiger partial charge in [0.2, 0.25) is 17.3 Å². The smallest absolute Gasteiger partial charge is 0.444 e. The number of hydrogen-bond acceptors (Lipinski definition) is 12. The van der Waals surface area contributed by atoms with Gasteiger partial charge in [0.15, 0.2) is 0 Å². The molecule has 0 spiro atoms. The van der Waals surface area contributed by atoms with Crippen molar-refractivity contribution in [3.8, 4) is 22.8 Å². The molecule has 3 heterocycles. The van der Waals surface area contributed by atoms with Crippen LogP contribution in [0.1, 0.15) is 65.8 Å². The van der Waals surface area contributed by atoms with Crippen molar-refractivity contribution in [2.45, 2.75) is 95.0 Å². The highest BCUT2D eigenvalue weighted by Crippen LogP contribution is 2.42. The number of amides is 3. The summed E-state index contributed by atoms with van der Waals surface area (Å²) in [5.74, 6) is -3.76. The molecule has 3 amide bonds. The Morgan fingerprint density at radius 1 is 0.873 bits per heavy atom.